The number of hydrogen-bond donors (Lipinski definition) is 2. The Kier molecular flexibility index (Phi) is 4.73. The molecule has 5 heteroatoms. The van der Waals surface area contributed by atoms with Crippen LogP contribution in [0.4, 0.5) is 4.39 Å². The summed E-state index contributed by atoms with van der Waals surface area (Å²) in [7, 11) is 0. The molecular formula is C15H22FN3O. The van der Waals surface area contributed by atoms with Crippen molar-refractivity contribution in [1.82, 2.24) is 4.90 Å². The van der Waals surface area contributed by atoms with E-state index in [0.29, 0.717) is 12.1 Å². The van der Waals surface area contributed by atoms with Crippen LogP contribution in [0.15, 0.2) is 24.3 Å². The van der Waals surface area contributed by atoms with E-state index < -0.39 is 0 Å². The van der Waals surface area contributed by atoms with Crippen molar-refractivity contribution in [2.75, 3.05) is 13.1 Å². The number of likely N-dealkylation sites (tertiary alicyclic amines) is 1. The molecule has 1 amide bonds. The predicted octanol–water partition coefficient (Wildman–Crippen LogP) is 1.41. The zero-order valence-electron chi connectivity index (χ0n) is 11.8. The van der Waals surface area contributed by atoms with Crippen molar-refractivity contribution in [3.63, 3.8) is 0 Å². The Hall–Kier alpha value is -1.46. The molecule has 4 N–H and O–H groups in total. The first kappa shape index (κ1) is 14.9. The Morgan fingerprint density at radius 3 is 2.75 bits per heavy atom. The molecule has 4 nitrogen and oxygen atoms in total. The van der Waals surface area contributed by atoms with Crippen LogP contribution < -0.4 is 11.5 Å². The Balaban J connectivity index is 2.25. The SMILES string of the molecule is CC(N)C(c1ccccc1F)N1CCCC(C(N)=O)C1. The van der Waals surface area contributed by atoms with Crippen molar-refractivity contribution < 1.29 is 9.18 Å². The highest BCUT2D eigenvalue weighted by atomic mass is 19.1. The number of nitrogens with zero attached hydrogens (tertiary/aromatic N) is 1. The molecule has 110 valence electrons. The Labute approximate surface area is 118 Å². The third-order valence-corrected chi connectivity index (χ3v) is 3.97. The summed E-state index contributed by atoms with van der Waals surface area (Å²) in [6, 6.07) is 6.23. The monoisotopic (exact) mass is 279 g/mol. The summed E-state index contributed by atoms with van der Waals surface area (Å²) in [5.74, 6) is -0.709. The van der Waals surface area contributed by atoms with Crippen LogP contribution in [0.1, 0.15) is 31.4 Å². The maximum absolute atomic E-state index is 14.0. The number of halogens is 1. The standard InChI is InChI=1S/C15H22FN3O/c1-10(17)14(12-6-2-3-7-13(12)16)19-8-4-5-11(9-19)15(18)20/h2-3,6-7,10-11,14H,4-5,8-9,17H2,1H3,(H2,18,20). The van der Waals surface area contributed by atoms with E-state index in [9.17, 15) is 9.18 Å². The first-order valence-corrected chi connectivity index (χ1v) is 7.04. The topological polar surface area (TPSA) is 72.3 Å². The molecule has 0 bridgehead atoms. The molecule has 0 aromatic heterocycles. The van der Waals surface area contributed by atoms with Crippen molar-refractivity contribution in [1.29, 1.82) is 0 Å². The molecule has 0 saturated carbocycles. The van der Waals surface area contributed by atoms with Crippen LogP contribution in [0.25, 0.3) is 0 Å². The van der Waals surface area contributed by atoms with Gasteiger partial charge in [0.05, 0.1) is 12.0 Å². The minimum absolute atomic E-state index is 0.170. The van der Waals surface area contributed by atoms with Gasteiger partial charge < -0.3 is 11.5 Å². The minimum atomic E-state index is -0.286. The fraction of sp³-hybridized carbons (Fsp3) is 0.533. The smallest absolute Gasteiger partial charge is 0.221 e. The second-order valence-electron chi connectivity index (χ2n) is 5.56. The van der Waals surface area contributed by atoms with Crippen LogP contribution in [0.2, 0.25) is 0 Å². The van der Waals surface area contributed by atoms with Crippen molar-refractivity contribution in [3.8, 4) is 0 Å². The van der Waals surface area contributed by atoms with Gasteiger partial charge in [-0.05, 0) is 32.4 Å². The average molecular weight is 279 g/mol. The number of benzene rings is 1. The van der Waals surface area contributed by atoms with Gasteiger partial charge >= 0.3 is 0 Å². The number of nitrogens with two attached hydrogens (primary N) is 2. The van der Waals surface area contributed by atoms with E-state index in [4.69, 9.17) is 11.5 Å². The molecule has 0 radical (unpaired) electrons. The van der Waals surface area contributed by atoms with Gasteiger partial charge in [0, 0.05) is 18.2 Å². The maximum Gasteiger partial charge on any atom is 0.221 e. The van der Waals surface area contributed by atoms with Crippen molar-refractivity contribution in [2.45, 2.75) is 31.8 Å². The number of rotatable bonds is 4. The van der Waals surface area contributed by atoms with Gasteiger partial charge in [-0.15, -0.1) is 0 Å². The second-order valence-corrected chi connectivity index (χ2v) is 5.56. The van der Waals surface area contributed by atoms with Crippen LogP contribution in [0.5, 0.6) is 0 Å². The molecule has 3 atom stereocenters. The van der Waals surface area contributed by atoms with E-state index in [1.54, 1.807) is 12.1 Å². The lowest BCUT2D eigenvalue weighted by molar-refractivity contribution is -0.123. The van der Waals surface area contributed by atoms with E-state index in [2.05, 4.69) is 4.90 Å². The van der Waals surface area contributed by atoms with Gasteiger partial charge in [0.25, 0.3) is 0 Å². The summed E-state index contributed by atoms with van der Waals surface area (Å²) >= 11 is 0. The van der Waals surface area contributed by atoms with Gasteiger partial charge in [0.1, 0.15) is 5.82 Å². The lowest BCUT2D eigenvalue weighted by atomic mass is 9.92. The summed E-state index contributed by atoms with van der Waals surface area (Å²) in [5, 5.41) is 0. The lowest BCUT2D eigenvalue weighted by Gasteiger charge is -2.39. The molecule has 1 aliphatic rings. The predicted molar refractivity (Wildman–Crippen MR) is 76.3 cm³/mol. The summed E-state index contributed by atoms with van der Waals surface area (Å²) in [5.41, 5.74) is 12.1. The largest absolute Gasteiger partial charge is 0.369 e. The molecular weight excluding hydrogens is 257 g/mol. The fourth-order valence-electron chi connectivity index (χ4n) is 3.02. The third-order valence-electron chi connectivity index (χ3n) is 3.97. The highest BCUT2D eigenvalue weighted by molar-refractivity contribution is 5.76. The van der Waals surface area contributed by atoms with E-state index in [-0.39, 0.29) is 29.7 Å². The molecule has 0 spiro atoms. The van der Waals surface area contributed by atoms with Crippen molar-refractivity contribution >= 4 is 5.91 Å². The van der Waals surface area contributed by atoms with E-state index in [1.165, 1.54) is 6.07 Å². The molecule has 1 aliphatic heterocycles. The van der Waals surface area contributed by atoms with E-state index in [0.717, 1.165) is 19.4 Å². The third kappa shape index (κ3) is 3.16. The number of carbonyl (C=O) groups excluding carboxylic acids is 1. The van der Waals surface area contributed by atoms with E-state index in [1.807, 2.05) is 13.0 Å². The van der Waals surface area contributed by atoms with Crippen molar-refractivity contribution in [2.24, 2.45) is 17.4 Å². The quantitative estimate of drug-likeness (QED) is 0.875. The van der Waals surface area contributed by atoms with Gasteiger partial charge in [0.2, 0.25) is 5.91 Å². The molecule has 2 rings (SSSR count). The van der Waals surface area contributed by atoms with Gasteiger partial charge in [-0.25, -0.2) is 4.39 Å². The fourth-order valence-corrected chi connectivity index (χ4v) is 3.02. The molecule has 1 aromatic rings. The molecule has 3 unspecified atom stereocenters. The molecule has 1 heterocycles. The Morgan fingerprint density at radius 1 is 1.45 bits per heavy atom. The molecule has 1 saturated heterocycles. The molecule has 0 aliphatic carbocycles. The highest BCUT2D eigenvalue weighted by Crippen LogP contribution is 2.30. The summed E-state index contributed by atoms with van der Waals surface area (Å²) < 4.78 is 14.0. The molecule has 1 fully saturated rings. The summed E-state index contributed by atoms with van der Waals surface area (Å²) in [6.07, 6.45) is 1.68. The second kappa shape index (κ2) is 6.33. The van der Waals surface area contributed by atoms with Crippen LogP contribution >= 0.6 is 0 Å². The van der Waals surface area contributed by atoms with Gasteiger partial charge in [0.15, 0.2) is 0 Å². The average Bonchev–Trinajstić information content (AvgIpc) is 2.41. The molecule has 20 heavy (non-hydrogen) atoms. The van der Waals surface area contributed by atoms with Crippen molar-refractivity contribution in [3.05, 3.63) is 35.6 Å². The first-order chi connectivity index (χ1) is 9.50. The van der Waals surface area contributed by atoms with E-state index >= 15 is 0 Å². The Morgan fingerprint density at radius 2 is 2.15 bits per heavy atom. The van der Waals surface area contributed by atoms with Crippen LogP contribution in [0, 0.1) is 11.7 Å². The number of primary amides is 1. The zero-order chi connectivity index (χ0) is 14.7. The summed E-state index contributed by atoms with van der Waals surface area (Å²) in [6.45, 7) is 3.23. The highest BCUT2D eigenvalue weighted by Gasteiger charge is 2.32. The lowest BCUT2D eigenvalue weighted by Crippen LogP contribution is -2.47. The van der Waals surface area contributed by atoms with Crippen LogP contribution in [0.3, 0.4) is 0 Å². The summed E-state index contributed by atoms with van der Waals surface area (Å²) in [4.78, 5) is 13.5. The number of carbonyl (C=O) groups is 1. The maximum atomic E-state index is 14.0. The van der Waals surface area contributed by atoms with Gasteiger partial charge in [-0.3, -0.25) is 9.69 Å². The zero-order valence-corrected chi connectivity index (χ0v) is 11.8. The van der Waals surface area contributed by atoms with Gasteiger partial charge in [-0.2, -0.15) is 0 Å². The first-order valence-electron chi connectivity index (χ1n) is 7.04. The van der Waals surface area contributed by atoms with Gasteiger partial charge in [-0.1, -0.05) is 18.2 Å². The van der Waals surface area contributed by atoms with Crippen LogP contribution in [-0.4, -0.2) is 29.9 Å². The molecule has 1 aromatic carbocycles. The van der Waals surface area contributed by atoms with Crippen LogP contribution in [-0.2, 0) is 4.79 Å². The number of hydrogen-bond acceptors (Lipinski definition) is 3. The normalized spacial score (nSPS) is 23.2. The minimum Gasteiger partial charge on any atom is -0.369 e. The Bertz CT molecular complexity index is 478. The number of amides is 1. The number of piperidine rings is 1.